The number of hydrazine groups is 1. The highest BCUT2D eigenvalue weighted by Crippen LogP contribution is 2.25. The van der Waals surface area contributed by atoms with Gasteiger partial charge in [0.05, 0.1) is 5.69 Å². The van der Waals surface area contributed by atoms with Crippen molar-refractivity contribution in [2.24, 2.45) is 0 Å². The number of nitrogens with zero attached hydrogens (tertiary/aromatic N) is 1. The Labute approximate surface area is 133 Å². The third kappa shape index (κ3) is 2.68. The number of carbonyl (C=O) groups is 2. The van der Waals surface area contributed by atoms with Crippen molar-refractivity contribution in [3.05, 3.63) is 64.7 Å². The largest absolute Gasteiger partial charge is 0.507 e. The first-order valence-electron chi connectivity index (χ1n) is 7.20. The molecule has 2 N–H and O–H groups in total. The second kappa shape index (κ2) is 5.61. The molecule has 0 aliphatic carbocycles. The second-order valence-electron chi connectivity index (χ2n) is 5.47. The monoisotopic (exact) mass is 308 g/mol. The van der Waals surface area contributed by atoms with Crippen LogP contribution < -0.4 is 10.4 Å². The fourth-order valence-electron chi connectivity index (χ4n) is 2.37. The molecule has 2 amide bonds. The van der Waals surface area contributed by atoms with E-state index in [-0.39, 0.29) is 11.3 Å². The Kier molecular flexibility index (Phi) is 3.62. The van der Waals surface area contributed by atoms with Gasteiger partial charge in [-0.25, -0.2) is 5.01 Å². The average Bonchev–Trinajstić information content (AvgIpc) is 2.80. The van der Waals surface area contributed by atoms with Crippen LogP contribution in [0, 0.1) is 13.8 Å². The van der Waals surface area contributed by atoms with Crippen LogP contribution in [0.5, 0.6) is 5.75 Å². The summed E-state index contributed by atoms with van der Waals surface area (Å²) in [6, 6.07) is 12.1. The van der Waals surface area contributed by atoms with Crippen molar-refractivity contribution in [1.82, 2.24) is 5.43 Å². The van der Waals surface area contributed by atoms with Crippen LogP contribution in [-0.4, -0.2) is 16.9 Å². The summed E-state index contributed by atoms with van der Waals surface area (Å²) in [4.78, 5) is 24.6. The lowest BCUT2D eigenvalue weighted by atomic mass is 10.1. The lowest BCUT2D eigenvalue weighted by molar-refractivity contribution is -0.117. The van der Waals surface area contributed by atoms with Gasteiger partial charge in [-0.15, -0.1) is 0 Å². The van der Waals surface area contributed by atoms with Crippen LogP contribution in [0.3, 0.4) is 0 Å². The van der Waals surface area contributed by atoms with Gasteiger partial charge in [-0.1, -0.05) is 24.3 Å². The van der Waals surface area contributed by atoms with Gasteiger partial charge in [0.15, 0.2) is 0 Å². The van der Waals surface area contributed by atoms with Gasteiger partial charge in [-0.2, -0.15) is 0 Å². The van der Waals surface area contributed by atoms with Gasteiger partial charge in [-0.3, -0.25) is 15.0 Å². The average molecular weight is 308 g/mol. The molecule has 1 aliphatic rings. The second-order valence-corrected chi connectivity index (χ2v) is 5.47. The molecule has 2 aromatic carbocycles. The lowest BCUT2D eigenvalue weighted by Crippen LogP contribution is -2.35. The number of anilines is 1. The van der Waals surface area contributed by atoms with Crippen molar-refractivity contribution in [3.63, 3.8) is 0 Å². The molecule has 23 heavy (non-hydrogen) atoms. The third-order valence-corrected chi connectivity index (χ3v) is 3.88. The lowest BCUT2D eigenvalue weighted by Gasteiger charge is -2.15. The molecule has 0 atom stereocenters. The number of amides is 2. The van der Waals surface area contributed by atoms with E-state index in [0.717, 1.165) is 11.1 Å². The summed E-state index contributed by atoms with van der Waals surface area (Å²) in [5.41, 5.74) is 5.71. The topological polar surface area (TPSA) is 69.6 Å². The molecule has 1 saturated heterocycles. The van der Waals surface area contributed by atoms with Gasteiger partial charge in [0.25, 0.3) is 11.8 Å². The number of phenols is 1. The fraction of sp³-hybridized carbons (Fsp3) is 0.111. The highest BCUT2D eigenvalue weighted by molar-refractivity contribution is 6.31. The van der Waals surface area contributed by atoms with E-state index in [0.29, 0.717) is 11.3 Å². The predicted octanol–water partition coefficient (Wildman–Crippen LogP) is 2.47. The van der Waals surface area contributed by atoms with Crippen LogP contribution >= 0.6 is 0 Å². The van der Waals surface area contributed by atoms with Gasteiger partial charge in [-0.05, 0) is 49.2 Å². The summed E-state index contributed by atoms with van der Waals surface area (Å²) in [5, 5.41) is 11.0. The molecule has 0 bridgehead atoms. The third-order valence-electron chi connectivity index (χ3n) is 3.88. The normalized spacial score (nSPS) is 16.1. The summed E-state index contributed by atoms with van der Waals surface area (Å²) < 4.78 is 0. The first-order valence-corrected chi connectivity index (χ1v) is 7.20. The fourth-order valence-corrected chi connectivity index (χ4v) is 2.37. The van der Waals surface area contributed by atoms with Gasteiger partial charge >= 0.3 is 0 Å². The van der Waals surface area contributed by atoms with Crippen LogP contribution in [0.15, 0.2) is 48.0 Å². The Balaban J connectivity index is 1.97. The number of hydrogen-bond donors (Lipinski definition) is 2. The Morgan fingerprint density at radius 1 is 1.04 bits per heavy atom. The van der Waals surface area contributed by atoms with Crippen LogP contribution in [0.25, 0.3) is 6.08 Å². The zero-order chi connectivity index (χ0) is 16.6. The highest BCUT2D eigenvalue weighted by Gasteiger charge is 2.34. The molecule has 1 fully saturated rings. The number of nitrogens with one attached hydrogen (secondary N) is 1. The maximum Gasteiger partial charge on any atom is 0.282 e. The molecule has 0 unspecified atom stereocenters. The molecule has 0 radical (unpaired) electrons. The maximum absolute atomic E-state index is 12.5. The van der Waals surface area contributed by atoms with Gasteiger partial charge in [0.1, 0.15) is 11.3 Å². The number of aromatic hydroxyl groups is 1. The number of hydrogen-bond acceptors (Lipinski definition) is 3. The molecule has 1 heterocycles. The van der Waals surface area contributed by atoms with Crippen molar-refractivity contribution >= 4 is 23.6 Å². The van der Waals surface area contributed by atoms with Crippen molar-refractivity contribution in [3.8, 4) is 5.75 Å². The molecular weight excluding hydrogens is 292 g/mol. The summed E-state index contributed by atoms with van der Waals surface area (Å²) in [6.45, 7) is 3.92. The minimum Gasteiger partial charge on any atom is -0.507 e. The van der Waals surface area contributed by atoms with E-state index >= 15 is 0 Å². The van der Waals surface area contributed by atoms with Gasteiger partial charge in [0, 0.05) is 5.56 Å². The van der Waals surface area contributed by atoms with E-state index in [1.54, 1.807) is 24.3 Å². The Bertz CT molecular complexity index is 840. The molecular formula is C18H16N2O3. The predicted molar refractivity (Wildman–Crippen MR) is 87.6 cm³/mol. The molecule has 1 aliphatic heterocycles. The Hall–Kier alpha value is -3.08. The molecule has 2 aromatic rings. The number of rotatable bonds is 2. The number of phenolic OH excluding ortho intramolecular Hbond substituents is 1. The minimum atomic E-state index is -0.489. The van der Waals surface area contributed by atoms with Gasteiger partial charge < -0.3 is 5.11 Å². The van der Waals surface area contributed by atoms with Gasteiger partial charge in [0.2, 0.25) is 0 Å². The summed E-state index contributed by atoms with van der Waals surface area (Å²) in [5.74, 6) is -0.914. The van der Waals surface area contributed by atoms with E-state index in [1.807, 2.05) is 26.0 Å². The van der Waals surface area contributed by atoms with Crippen LogP contribution in [0.4, 0.5) is 5.69 Å². The molecule has 3 rings (SSSR count). The smallest absolute Gasteiger partial charge is 0.282 e. The number of para-hydroxylation sites is 1. The van der Waals surface area contributed by atoms with E-state index in [9.17, 15) is 14.7 Å². The van der Waals surface area contributed by atoms with Crippen LogP contribution in [0.2, 0.25) is 0 Å². The number of carbonyl (C=O) groups excluding carboxylic acids is 2. The summed E-state index contributed by atoms with van der Waals surface area (Å²) >= 11 is 0. The van der Waals surface area contributed by atoms with Crippen molar-refractivity contribution in [2.45, 2.75) is 13.8 Å². The SMILES string of the molecule is Cc1ccc(N2NC(=O)/C(=C\c3ccccc3O)C2=O)cc1C. The molecule has 0 saturated carbocycles. The molecule has 5 nitrogen and oxygen atoms in total. The van der Waals surface area contributed by atoms with Crippen molar-refractivity contribution in [2.75, 3.05) is 5.01 Å². The van der Waals surface area contributed by atoms with E-state index in [1.165, 1.54) is 17.2 Å². The number of aryl methyl sites for hydroxylation is 2. The quantitative estimate of drug-likeness (QED) is 0.661. The number of benzene rings is 2. The minimum absolute atomic E-state index is 0.00951. The molecule has 116 valence electrons. The first kappa shape index (κ1) is 14.8. The summed E-state index contributed by atoms with van der Waals surface area (Å²) in [6.07, 6.45) is 1.40. The Morgan fingerprint density at radius 2 is 1.78 bits per heavy atom. The zero-order valence-corrected chi connectivity index (χ0v) is 12.8. The van der Waals surface area contributed by atoms with E-state index < -0.39 is 11.8 Å². The van der Waals surface area contributed by atoms with E-state index in [2.05, 4.69) is 5.43 Å². The Morgan fingerprint density at radius 3 is 2.48 bits per heavy atom. The first-order chi connectivity index (χ1) is 11.0. The summed E-state index contributed by atoms with van der Waals surface area (Å²) in [7, 11) is 0. The maximum atomic E-state index is 12.5. The molecule has 0 spiro atoms. The van der Waals surface area contributed by atoms with E-state index in [4.69, 9.17) is 0 Å². The molecule has 0 aromatic heterocycles. The standard InChI is InChI=1S/C18H16N2O3/c1-11-7-8-14(9-12(11)2)20-18(23)15(17(22)19-20)10-13-5-3-4-6-16(13)21/h3-10,21H,1-2H3,(H,19,22)/b15-10+. The zero-order valence-electron chi connectivity index (χ0n) is 12.8. The van der Waals surface area contributed by atoms with Crippen LogP contribution in [0.1, 0.15) is 16.7 Å². The van der Waals surface area contributed by atoms with Crippen LogP contribution in [-0.2, 0) is 9.59 Å². The highest BCUT2D eigenvalue weighted by atomic mass is 16.3. The molecule has 5 heteroatoms. The van der Waals surface area contributed by atoms with Crippen molar-refractivity contribution < 1.29 is 14.7 Å². The van der Waals surface area contributed by atoms with Crippen molar-refractivity contribution in [1.29, 1.82) is 0 Å².